The number of amides is 1. The lowest BCUT2D eigenvalue weighted by atomic mass is 10.0. The molecule has 1 aliphatic rings. The molecule has 0 aromatic heterocycles. The van der Waals surface area contributed by atoms with Crippen molar-refractivity contribution >= 4 is 18.3 Å². The number of ether oxygens (including phenoxy) is 2. The molecule has 20 heavy (non-hydrogen) atoms. The van der Waals surface area contributed by atoms with E-state index < -0.39 is 0 Å². The van der Waals surface area contributed by atoms with E-state index in [1.54, 1.807) is 0 Å². The Bertz CT molecular complexity index is 236. The van der Waals surface area contributed by atoms with Gasteiger partial charge in [0.15, 0.2) is 0 Å². The van der Waals surface area contributed by atoms with Gasteiger partial charge in [-0.2, -0.15) is 0 Å². The summed E-state index contributed by atoms with van der Waals surface area (Å²) in [4.78, 5) is 11.4. The molecule has 0 bridgehead atoms. The number of rotatable bonds is 10. The molecule has 0 spiro atoms. The Balaban J connectivity index is 0.00000361. The number of hydrogen-bond donors (Lipinski definition) is 2. The third kappa shape index (κ3) is 10.4. The minimum absolute atomic E-state index is 0. The van der Waals surface area contributed by atoms with E-state index in [4.69, 9.17) is 9.47 Å². The largest absolute Gasteiger partial charge is 0.381 e. The summed E-state index contributed by atoms with van der Waals surface area (Å²) >= 11 is 0. The fourth-order valence-electron chi connectivity index (χ4n) is 2.08. The van der Waals surface area contributed by atoms with Gasteiger partial charge in [0.05, 0.1) is 0 Å². The highest BCUT2D eigenvalue weighted by Gasteiger charge is 2.13. The molecule has 0 unspecified atom stereocenters. The standard InChI is InChI=1S/C14H28N2O3.ClH/c1-15-7-2-4-14(17)16-8-3-9-19-12-13-5-10-18-11-6-13;/h13,15H,2-12H2,1H3,(H,16,17);1H. The molecule has 1 fully saturated rings. The third-order valence-corrected chi connectivity index (χ3v) is 3.31. The second kappa shape index (κ2) is 13.6. The number of halogens is 1. The van der Waals surface area contributed by atoms with Gasteiger partial charge < -0.3 is 20.1 Å². The summed E-state index contributed by atoms with van der Waals surface area (Å²) in [6.45, 7) is 4.91. The van der Waals surface area contributed by atoms with Gasteiger partial charge in [0, 0.05) is 39.4 Å². The van der Waals surface area contributed by atoms with E-state index in [1.165, 1.54) is 0 Å². The SMILES string of the molecule is CNCCCC(=O)NCCCOCC1CCOCC1.Cl. The molecule has 2 N–H and O–H groups in total. The molecule has 1 heterocycles. The maximum Gasteiger partial charge on any atom is 0.220 e. The molecule has 5 nitrogen and oxygen atoms in total. The monoisotopic (exact) mass is 308 g/mol. The molecule has 0 aromatic carbocycles. The van der Waals surface area contributed by atoms with Gasteiger partial charge in [0.2, 0.25) is 5.91 Å². The van der Waals surface area contributed by atoms with Crippen LogP contribution in [0.4, 0.5) is 0 Å². The quantitative estimate of drug-likeness (QED) is 0.598. The topological polar surface area (TPSA) is 59.6 Å². The van der Waals surface area contributed by atoms with Crippen molar-refractivity contribution in [2.45, 2.75) is 32.1 Å². The maximum absolute atomic E-state index is 11.4. The molecule has 0 radical (unpaired) electrons. The van der Waals surface area contributed by atoms with Crippen molar-refractivity contribution < 1.29 is 14.3 Å². The highest BCUT2D eigenvalue weighted by molar-refractivity contribution is 5.85. The predicted molar refractivity (Wildman–Crippen MR) is 82.4 cm³/mol. The van der Waals surface area contributed by atoms with Crippen LogP contribution < -0.4 is 10.6 Å². The van der Waals surface area contributed by atoms with Gasteiger partial charge in [-0.3, -0.25) is 4.79 Å². The van der Waals surface area contributed by atoms with Gasteiger partial charge in [0.1, 0.15) is 0 Å². The summed E-state index contributed by atoms with van der Waals surface area (Å²) in [6, 6.07) is 0. The first kappa shape index (κ1) is 19.6. The van der Waals surface area contributed by atoms with Crippen molar-refractivity contribution in [1.82, 2.24) is 10.6 Å². The average molecular weight is 309 g/mol. The van der Waals surface area contributed by atoms with Crippen LogP contribution in [0.25, 0.3) is 0 Å². The predicted octanol–water partition coefficient (Wildman–Crippen LogP) is 1.36. The van der Waals surface area contributed by atoms with Gasteiger partial charge in [-0.1, -0.05) is 0 Å². The van der Waals surface area contributed by atoms with Crippen LogP contribution in [0.3, 0.4) is 0 Å². The molecule has 0 saturated carbocycles. The molecule has 6 heteroatoms. The van der Waals surface area contributed by atoms with Crippen molar-refractivity contribution in [3.05, 3.63) is 0 Å². The van der Waals surface area contributed by atoms with E-state index in [2.05, 4.69) is 10.6 Å². The Morgan fingerprint density at radius 1 is 1.25 bits per heavy atom. The zero-order chi connectivity index (χ0) is 13.8. The Hall–Kier alpha value is -0.360. The second-order valence-corrected chi connectivity index (χ2v) is 5.04. The van der Waals surface area contributed by atoms with E-state index in [9.17, 15) is 4.79 Å². The Kier molecular flexibility index (Phi) is 13.4. The molecule has 0 aromatic rings. The number of carbonyl (C=O) groups excluding carboxylic acids is 1. The maximum atomic E-state index is 11.4. The van der Waals surface area contributed by atoms with Crippen LogP contribution >= 0.6 is 12.4 Å². The van der Waals surface area contributed by atoms with Gasteiger partial charge in [-0.05, 0) is 45.2 Å². The molecule has 1 saturated heterocycles. The fourth-order valence-corrected chi connectivity index (χ4v) is 2.08. The summed E-state index contributed by atoms with van der Waals surface area (Å²) < 4.78 is 10.9. The average Bonchev–Trinajstić information content (AvgIpc) is 2.44. The minimum atomic E-state index is 0. The van der Waals surface area contributed by atoms with Crippen LogP contribution in [0.2, 0.25) is 0 Å². The fraction of sp³-hybridized carbons (Fsp3) is 0.929. The van der Waals surface area contributed by atoms with Crippen LogP contribution in [0, 0.1) is 5.92 Å². The van der Waals surface area contributed by atoms with Gasteiger partial charge in [0.25, 0.3) is 0 Å². The first-order valence-electron chi connectivity index (χ1n) is 7.39. The van der Waals surface area contributed by atoms with Crippen molar-refractivity contribution in [3.63, 3.8) is 0 Å². The van der Waals surface area contributed by atoms with Crippen LogP contribution in [-0.2, 0) is 14.3 Å². The summed E-state index contributed by atoms with van der Waals surface area (Å²) in [5, 5.41) is 5.94. The van der Waals surface area contributed by atoms with Gasteiger partial charge >= 0.3 is 0 Å². The van der Waals surface area contributed by atoms with Crippen molar-refractivity contribution in [2.24, 2.45) is 5.92 Å². The normalized spacial score (nSPS) is 15.7. The van der Waals surface area contributed by atoms with Gasteiger partial charge in [-0.15, -0.1) is 12.4 Å². The van der Waals surface area contributed by atoms with Crippen LogP contribution in [0.15, 0.2) is 0 Å². The summed E-state index contributed by atoms with van der Waals surface area (Å²) in [7, 11) is 1.90. The summed E-state index contributed by atoms with van der Waals surface area (Å²) in [5.41, 5.74) is 0. The minimum Gasteiger partial charge on any atom is -0.381 e. The lowest BCUT2D eigenvalue weighted by Crippen LogP contribution is -2.26. The summed E-state index contributed by atoms with van der Waals surface area (Å²) in [5.74, 6) is 0.796. The molecular formula is C14H29ClN2O3. The lowest BCUT2D eigenvalue weighted by molar-refractivity contribution is -0.121. The third-order valence-electron chi connectivity index (χ3n) is 3.31. The van der Waals surface area contributed by atoms with E-state index in [1.807, 2.05) is 7.05 Å². The lowest BCUT2D eigenvalue weighted by Gasteiger charge is -2.21. The van der Waals surface area contributed by atoms with Crippen LogP contribution in [-0.4, -0.2) is 52.5 Å². The highest BCUT2D eigenvalue weighted by Crippen LogP contribution is 2.14. The van der Waals surface area contributed by atoms with Crippen molar-refractivity contribution in [2.75, 3.05) is 46.6 Å². The zero-order valence-electron chi connectivity index (χ0n) is 12.5. The molecule has 120 valence electrons. The molecule has 0 atom stereocenters. The Labute approximate surface area is 128 Å². The Morgan fingerprint density at radius 3 is 2.70 bits per heavy atom. The summed E-state index contributed by atoms with van der Waals surface area (Å²) in [6.07, 6.45) is 4.61. The molecule has 1 amide bonds. The smallest absolute Gasteiger partial charge is 0.220 e. The van der Waals surface area contributed by atoms with Crippen LogP contribution in [0.5, 0.6) is 0 Å². The number of hydrogen-bond acceptors (Lipinski definition) is 4. The zero-order valence-corrected chi connectivity index (χ0v) is 13.3. The number of carbonyl (C=O) groups is 1. The van der Waals surface area contributed by atoms with E-state index >= 15 is 0 Å². The van der Waals surface area contributed by atoms with Crippen molar-refractivity contribution in [3.8, 4) is 0 Å². The Morgan fingerprint density at radius 2 is 2.00 bits per heavy atom. The van der Waals surface area contributed by atoms with E-state index in [-0.39, 0.29) is 18.3 Å². The highest BCUT2D eigenvalue weighted by atomic mass is 35.5. The first-order chi connectivity index (χ1) is 9.33. The first-order valence-corrected chi connectivity index (χ1v) is 7.39. The molecular weight excluding hydrogens is 280 g/mol. The number of nitrogens with one attached hydrogen (secondary N) is 2. The van der Waals surface area contributed by atoms with E-state index in [0.717, 1.165) is 58.7 Å². The molecule has 1 aliphatic heterocycles. The molecule has 1 rings (SSSR count). The van der Waals surface area contributed by atoms with E-state index in [0.29, 0.717) is 18.9 Å². The second-order valence-electron chi connectivity index (χ2n) is 5.04. The van der Waals surface area contributed by atoms with Crippen LogP contribution in [0.1, 0.15) is 32.1 Å². The van der Waals surface area contributed by atoms with Gasteiger partial charge in [-0.25, -0.2) is 0 Å². The molecule has 0 aliphatic carbocycles. The van der Waals surface area contributed by atoms with Crippen molar-refractivity contribution in [1.29, 1.82) is 0 Å².